The molecular weight excluding hydrogens is 630 g/mol. The van der Waals surface area contributed by atoms with Crippen LogP contribution in [0.4, 0.5) is 0 Å². The van der Waals surface area contributed by atoms with Gasteiger partial charge in [-0.2, -0.15) is 0 Å². The first-order valence-corrected chi connectivity index (χ1v) is 14.8. The molecule has 0 aromatic heterocycles. The molecule has 4 rings (SSSR count). The molecule has 0 aliphatic carbocycles. The third kappa shape index (κ3) is 7.64. The van der Waals surface area contributed by atoms with Gasteiger partial charge in [0.25, 0.3) is 0 Å². The minimum atomic E-state index is -1.90. The van der Waals surface area contributed by atoms with E-state index in [4.69, 9.17) is 33.2 Å². The first-order valence-electron chi connectivity index (χ1n) is 14.8. The molecule has 20 atom stereocenters. The van der Waals surface area contributed by atoms with Crippen molar-refractivity contribution in [3.05, 3.63) is 0 Å². The van der Waals surface area contributed by atoms with E-state index < -0.39 is 142 Å². The second-order valence-electron chi connectivity index (χ2n) is 11.8. The molecule has 20 nitrogen and oxygen atoms in total. The predicted octanol–water partition coefficient (Wildman–Crippen LogP) is -7.55. The number of aliphatic hydroxyl groups excluding tert-OH is 11. The van der Waals surface area contributed by atoms with E-state index in [1.165, 1.54) is 13.8 Å². The second-order valence-corrected chi connectivity index (χ2v) is 11.8. The second kappa shape index (κ2) is 15.5. The zero-order valence-corrected chi connectivity index (χ0v) is 25.1. The van der Waals surface area contributed by atoms with Gasteiger partial charge in [-0.1, -0.05) is 0 Å². The number of hydrogen-bond donors (Lipinski definition) is 12. The van der Waals surface area contributed by atoms with Crippen LogP contribution in [-0.4, -0.2) is 198 Å². The summed E-state index contributed by atoms with van der Waals surface area (Å²) >= 11 is 0. The largest absolute Gasteiger partial charge is 0.394 e. The Hall–Kier alpha value is -1.25. The molecule has 0 spiro atoms. The molecule has 268 valence electrons. The van der Waals surface area contributed by atoms with Crippen molar-refractivity contribution in [2.45, 2.75) is 144 Å². The number of hydrogen-bond acceptors (Lipinski definition) is 19. The van der Waals surface area contributed by atoms with Crippen LogP contribution < -0.4 is 5.32 Å². The summed E-state index contributed by atoms with van der Waals surface area (Å²) in [5.74, 6) is -0.706. The summed E-state index contributed by atoms with van der Waals surface area (Å²) in [6.07, 6.45) is -30.9. The molecular formula is C26H45NO19. The zero-order valence-electron chi connectivity index (χ0n) is 25.1. The lowest BCUT2D eigenvalue weighted by Gasteiger charge is -2.50. The van der Waals surface area contributed by atoms with Crippen molar-refractivity contribution in [2.75, 3.05) is 13.2 Å². The maximum atomic E-state index is 12.3. The first kappa shape index (κ1) is 37.6. The fraction of sp³-hybridized carbons (Fsp3) is 0.962. The van der Waals surface area contributed by atoms with E-state index in [9.17, 15) is 61.0 Å². The summed E-state index contributed by atoms with van der Waals surface area (Å²) in [6.45, 7) is 2.23. The van der Waals surface area contributed by atoms with Gasteiger partial charge in [0, 0.05) is 6.92 Å². The summed E-state index contributed by atoms with van der Waals surface area (Å²) in [7, 11) is 0. The van der Waals surface area contributed by atoms with Crippen LogP contribution in [0.2, 0.25) is 0 Å². The van der Waals surface area contributed by atoms with Crippen LogP contribution in [0.5, 0.6) is 0 Å². The molecule has 9 unspecified atom stereocenters. The molecule has 0 aromatic carbocycles. The number of nitrogens with one attached hydrogen (secondary N) is 1. The number of carbonyl (C=O) groups excluding carboxylic acids is 1. The number of aliphatic hydroxyl groups is 11. The van der Waals surface area contributed by atoms with Gasteiger partial charge < -0.3 is 94.6 Å². The molecule has 0 aromatic rings. The van der Waals surface area contributed by atoms with Crippen molar-refractivity contribution in [2.24, 2.45) is 0 Å². The molecule has 1 amide bonds. The Labute approximate surface area is 262 Å². The highest BCUT2D eigenvalue weighted by Gasteiger charge is 2.55. The third-order valence-electron chi connectivity index (χ3n) is 8.53. The molecule has 0 saturated carbocycles. The number of carbonyl (C=O) groups is 1. The average Bonchev–Trinajstić information content (AvgIpc) is 3.01. The summed E-state index contributed by atoms with van der Waals surface area (Å²) in [5, 5.41) is 117. The van der Waals surface area contributed by atoms with E-state index in [2.05, 4.69) is 5.32 Å². The van der Waals surface area contributed by atoms with Gasteiger partial charge in [-0.25, -0.2) is 0 Å². The van der Waals surface area contributed by atoms with Crippen LogP contribution in [0.25, 0.3) is 0 Å². The van der Waals surface area contributed by atoms with Gasteiger partial charge in [0.1, 0.15) is 85.4 Å². The molecule has 4 heterocycles. The monoisotopic (exact) mass is 675 g/mol. The normalized spacial score (nSPS) is 51.9. The fourth-order valence-electron chi connectivity index (χ4n) is 5.81. The molecule has 0 bridgehead atoms. The van der Waals surface area contributed by atoms with Crippen LogP contribution in [-0.2, 0) is 38.0 Å². The third-order valence-corrected chi connectivity index (χ3v) is 8.53. The summed E-state index contributed by atoms with van der Waals surface area (Å²) in [5.41, 5.74) is 0. The van der Waals surface area contributed by atoms with Crippen molar-refractivity contribution in [1.82, 2.24) is 5.32 Å². The minimum absolute atomic E-state index is 0.706. The van der Waals surface area contributed by atoms with Crippen LogP contribution >= 0.6 is 0 Å². The number of amides is 1. The summed E-state index contributed by atoms with van der Waals surface area (Å²) in [6, 6.07) is -1.51. The van der Waals surface area contributed by atoms with Crippen LogP contribution in [0.1, 0.15) is 20.8 Å². The molecule has 4 aliphatic rings. The van der Waals surface area contributed by atoms with Crippen molar-refractivity contribution in [3.8, 4) is 0 Å². The van der Waals surface area contributed by atoms with Crippen LogP contribution in [0, 0.1) is 0 Å². The maximum Gasteiger partial charge on any atom is 0.217 e. The van der Waals surface area contributed by atoms with Crippen LogP contribution in [0.15, 0.2) is 0 Å². The zero-order chi connectivity index (χ0) is 34.2. The number of ether oxygens (including phenoxy) is 7. The van der Waals surface area contributed by atoms with Crippen molar-refractivity contribution in [3.63, 3.8) is 0 Å². The van der Waals surface area contributed by atoms with Gasteiger partial charge >= 0.3 is 0 Å². The van der Waals surface area contributed by atoms with Crippen molar-refractivity contribution < 1.29 is 94.1 Å². The summed E-state index contributed by atoms with van der Waals surface area (Å²) in [4.78, 5) is 12.3. The van der Waals surface area contributed by atoms with Crippen LogP contribution in [0.3, 0.4) is 0 Å². The minimum Gasteiger partial charge on any atom is -0.394 e. The van der Waals surface area contributed by atoms with Crippen molar-refractivity contribution >= 4 is 5.91 Å². The Morgan fingerprint density at radius 2 is 1.04 bits per heavy atom. The van der Waals surface area contributed by atoms with E-state index >= 15 is 0 Å². The van der Waals surface area contributed by atoms with E-state index in [1.807, 2.05) is 0 Å². The standard InChI is InChI=1S/C26H45NO19/c1-6-12(31)16(35)18(37)25(41-6)44-20-11(27-8(3)30)24(42-10(5-29)15(20)34)46-22-21(13(32)7(2)40-23(22)39)45-26-19(38)17(36)14(33)9(4-28)43-26/h6-7,9-26,28-29,31-39H,4-5H2,1-3H3,(H,27,30)/t6?,7?,9?,10?,11?,12-,13-,14+,15-,16?,17?,18-,19?,20+,21?,22-,23+,24-,25-,26+/m0/s1. The van der Waals surface area contributed by atoms with Gasteiger partial charge in [-0.3, -0.25) is 4.79 Å². The highest BCUT2D eigenvalue weighted by molar-refractivity contribution is 5.73. The Bertz CT molecular complexity index is 995. The lowest BCUT2D eigenvalue weighted by Crippen LogP contribution is -2.70. The smallest absolute Gasteiger partial charge is 0.217 e. The molecule has 4 aliphatic heterocycles. The molecule has 12 N–H and O–H groups in total. The Kier molecular flexibility index (Phi) is 12.7. The van der Waals surface area contributed by atoms with E-state index in [-0.39, 0.29) is 0 Å². The Morgan fingerprint density at radius 3 is 1.63 bits per heavy atom. The lowest BCUT2D eigenvalue weighted by molar-refractivity contribution is -0.385. The highest BCUT2D eigenvalue weighted by atomic mass is 16.8. The predicted molar refractivity (Wildman–Crippen MR) is 143 cm³/mol. The van der Waals surface area contributed by atoms with E-state index in [0.29, 0.717) is 0 Å². The van der Waals surface area contributed by atoms with Crippen molar-refractivity contribution in [1.29, 1.82) is 0 Å². The highest BCUT2D eigenvalue weighted by Crippen LogP contribution is 2.34. The molecule has 0 radical (unpaired) electrons. The average molecular weight is 676 g/mol. The van der Waals surface area contributed by atoms with E-state index in [0.717, 1.165) is 6.92 Å². The topological polar surface area (TPSA) is 316 Å². The molecule has 4 fully saturated rings. The molecule has 4 saturated heterocycles. The summed E-state index contributed by atoms with van der Waals surface area (Å²) < 4.78 is 39.4. The lowest BCUT2D eigenvalue weighted by atomic mass is 9.94. The first-order chi connectivity index (χ1) is 21.6. The van der Waals surface area contributed by atoms with Gasteiger partial charge in [0.2, 0.25) is 5.91 Å². The fourth-order valence-corrected chi connectivity index (χ4v) is 5.81. The van der Waals surface area contributed by atoms with Gasteiger partial charge in [0.15, 0.2) is 25.2 Å². The molecule has 46 heavy (non-hydrogen) atoms. The maximum absolute atomic E-state index is 12.3. The van der Waals surface area contributed by atoms with Gasteiger partial charge in [0.05, 0.1) is 25.4 Å². The Balaban J connectivity index is 1.63. The SMILES string of the molecule is CC(=O)NC1[C@H](O[C@H]2C(O[C@H]3OC(CO)[C@@H](O)C(O)C3O)[C@@H](O)C(C)O[C@H]2O)OC(CO)[C@H](O)[C@@H]1O[C@@H]1OC(C)[C@H](O)C(O)[C@@H]1O. The van der Waals surface area contributed by atoms with Gasteiger partial charge in [-0.05, 0) is 13.8 Å². The van der Waals surface area contributed by atoms with E-state index in [1.54, 1.807) is 0 Å². The van der Waals surface area contributed by atoms with Gasteiger partial charge in [-0.15, -0.1) is 0 Å². The quantitative estimate of drug-likeness (QED) is 0.108. The Morgan fingerprint density at radius 1 is 0.565 bits per heavy atom. The number of rotatable bonds is 9. The molecule has 20 heteroatoms.